The molecule has 1 heterocycles. The molecule has 0 radical (unpaired) electrons. The number of amides is 1. The number of carbonyl (C=O) groups is 2. The van der Waals surface area contributed by atoms with E-state index < -0.39 is 12.0 Å². The van der Waals surface area contributed by atoms with Gasteiger partial charge in [0.15, 0.2) is 0 Å². The Morgan fingerprint density at radius 3 is 2.79 bits per heavy atom. The molecule has 1 aliphatic heterocycles. The number of carboxylic acids is 1. The smallest absolute Gasteiger partial charge is 0.326 e. The summed E-state index contributed by atoms with van der Waals surface area (Å²) in [4.78, 5) is 25.3. The molecule has 1 saturated heterocycles. The van der Waals surface area contributed by atoms with E-state index in [4.69, 9.17) is 0 Å². The zero-order valence-corrected chi connectivity index (χ0v) is 12.9. The van der Waals surface area contributed by atoms with Crippen molar-refractivity contribution >= 4 is 34.5 Å². The second-order valence-corrected chi connectivity index (χ2v) is 5.99. The van der Waals surface area contributed by atoms with Gasteiger partial charge in [-0.3, -0.25) is 4.79 Å². The van der Waals surface area contributed by atoms with Gasteiger partial charge in [-0.05, 0) is 60.9 Å². The van der Waals surface area contributed by atoms with E-state index in [2.05, 4.69) is 22.6 Å². The molecule has 4 nitrogen and oxygen atoms in total. The first-order valence-electron chi connectivity index (χ1n) is 6.30. The molecule has 0 aromatic heterocycles. The number of hydrogen-bond acceptors (Lipinski definition) is 2. The van der Waals surface area contributed by atoms with Gasteiger partial charge in [0.25, 0.3) is 5.91 Å². The molecule has 1 atom stereocenters. The summed E-state index contributed by atoms with van der Waals surface area (Å²) in [5, 5.41) is 9.23. The number of halogens is 1. The number of nitrogens with zero attached hydrogens (tertiary/aromatic N) is 1. The first-order chi connectivity index (χ1) is 9.00. The highest BCUT2D eigenvalue weighted by Crippen LogP contribution is 2.23. The third-order valence-electron chi connectivity index (χ3n) is 3.40. The van der Waals surface area contributed by atoms with Crippen LogP contribution in [-0.2, 0) is 4.79 Å². The topological polar surface area (TPSA) is 57.6 Å². The number of aryl methyl sites for hydroxylation is 1. The van der Waals surface area contributed by atoms with E-state index in [0.717, 1.165) is 22.0 Å². The fraction of sp³-hybridized carbons (Fsp3) is 0.429. The molecular formula is C14H16INO3. The summed E-state index contributed by atoms with van der Waals surface area (Å²) in [6, 6.07) is 4.99. The molecule has 1 unspecified atom stereocenters. The van der Waals surface area contributed by atoms with Gasteiger partial charge in [-0.25, -0.2) is 4.79 Å². The largest absolute Gasteiger partial charge is 0.480 e. The Morgan fingerprint density at radius 1 is 1.37 bits per heavy atom. The van der Waals surface area contributed by atoms with E-state index in [1.54, 1.807) is 0 Å². The molecule has 19 heavy (non-hydrogen) atoms. The molecule has 102 valence electrons. The summed E-state index contributed by atoms with van der Waals surface area (Å²) in [6.45, 7) is 2.46. The van der Waals surface area contributed by atoms with E-state index in [-0.39, 0.29) is 5.91 Å². The lowest BCUT2D eigenvalue weighted by atomic mass is 10.0. The summed E-state index contributed by atoms with van der Waals surface area (Å²) in [7, 11) is 0. The van der Waals surface area contributed by atoms with Crippen molar-refractivity contribution in [2.24, 2.45) is 0 Å². The van der Waals surface area contributed by atoms with Gasteiger partial charge < -0.3 is 10.0 Å². The molecule has 0 saturated carbocycles. The Hall–Kier alpha value is -1.11. The standard InChI is InChI=1S/C14H16INO3/c1-9-5-6-11(15)10(8-9)13(17)16-7-3-2-4-12(16)14(18)19/h5-6,8,12H,2-4,7H2,1H3,(H,18,19). The Morgan fingerprint density at radius 2 is 2.11 bits per heavy atom. The molecule has 0 spiro atoms. The monoisotopic (exact) mass is 373 g/mol. The van der Waals surface area contributed by atoms with Gasteiger partial charge in [-0.1, -0.05) is 11.6 Å². The Labute approximate surface area is 125 Å². The molecule has 5 heteroatoms. The van der Waals surface area contributed by atoms with Crippen molar-refractivity contribution in [1.82, 2.24) is 4.90 Å². The highest BCUT2D eigenvalue weighted by Gasteiger charge is 2.33. The predicted molar refractivity (Wildman–Crippen MR) is 80.2 cm³/mol. The molecule has 1 aromatic rings. The quantitative estimate of drug-likeness (QED) is 0.812. The van der Waals surface area contributed by atoms with E-state index in [1.807, 2.05) is 25.1 Å². The maximum Gasteiger partial charge on any atom is 0.326 e. The van der Waals surface area contributed by atoms with Crippen LogP contribution < -0.4 is 0 Å². The third-order valence-corrected chi connectivity index (χ3v) is 4.34. The number of hydrogen-bond donors (Lipinski definition) is 1. The summed E-state index contributed by atoms with van der Waals surface area (Å²) in [6.07, 6.45) is 2.28. The van der Waals surface area contributed by atoms with Crippen molar-refractivity contribution in [3.05, 3.63) is 32.9 Å². The number of likely N-dealkylation sites (tertiary alicyclic amines) is 1. The van der Waals surface area contributed by atoms with Crippen LogP contribution in [0.15, 0.2) is 18.2 Å². The van der Waals surface area contributed by atoms with Crippen LogP contribution in [0.5, 0.6) is 0 Å². The van der Waals surface area contributed by atoms with Gasteiger partial charge in [0, 0.05) is 10.1 Å². The van der Waals surface area contributed by atoms with Crippen molar-refractivity contribution in [3.63, 3.8) is 0 Å². The predicted octanol–water partition coefficient (Wildman–Crippen LogP) is 2.68. The number of benzene rings is 1. The van der Waals surface area contributed by atoms with Crippen LogP contribution >= 0.6 is 22.6 Å². The van der Waals surface area contributed by atoms with Crippen LogP contribution in [0.2, 0.25) is 0 Å². The molecule has 1 amide bonds. The maximum absolute atomic E-state index is 12.5. The van der Waals surface area contributed by atoms with Gasteiger partial charge in [0.1, 0.15) is 6.04 Å². The van der Waals surface area contributed by atoms with Crippen LogP contribution in [-0.4, -0.2) is 34.5 Å². The molecule has 2 rings (SSSR count). The Balaban J connectivity index is 2.31. The number of piperidine rings is 1. The van der Waals surface area contributed by atoms with E-state index >= 15 is 0 Å². The molecule has 1 aromatic carbocycles. The van der Waals surface area contributed by atoms with E-state index in [9.17, 15) is 14.7 Å². The molecule has 1 N–H and O–H groups in total. The second-order valence-electron chi connectivity index (χ2n) is 4.83. The van der Waals surface area contributed by atoms with E-state index in [1.165, 1.54) is 4.90 Å². The lowest BCUT2D eigenvalue weighted by Crippen LogP contribution is -2.48. The highest BCUT2D eigenvalue weighted by molar-refractivity contribution is 14.1. The number of carbonyl (C=O) groups excluding carboxylic acids is 1. The fourth-order valence-electron chi connectivity index (χ4n) is 2.39. The van der Waals surface area contributed by atoms with Crippen molar-refractivity contribution < 1.29 is 14.7 Å². The SMILES string of the molecule is Cc1ccc(I)c(C(=O)N2CCCCC2C(=O)O)c1. The summed E-state index contributed by atoms with van der Waals surface area (Å²) in [5.41, 5.74) is 1.61. The van der Waals surface area contributed by atoms with Crippen molar-refractivity contribution in [2.45, 2.75) is 32.2 Å². The second kappa shape index (κ2) is 5.90. The van der Waals surface area contributed by atoms with Gasteiger partial charge in [0.05, 0.1) is 5.56 Å². The molecule has 0 bridgehead atoms. The number of carboxylic acid groups (broad SMARTS) is 1. The summed E-state index contributed by atoms with van der Waals surface area (Å²) in [5.74, 6) is -1.07. The fourth-order valence-corrected chi connectivity index (χ4v) is 2.96. The average molecular weight is 373 g/mol. The average Bonchev–Trinajstić information content (AvgIpc) is 2.40. The van der Waals surface area contributed by atoms with Crippen molar-refractivity contribution in [2.75, 3.05) is 6.54 Å². The molecule has 1 fully saturated rings. The minimum absolute atomic E-state index is 0.166. The Bertz CT molecular complexity index is 515. The van der Waals surface area contributed by atoms with Gasteiger partial charge in [-0.2, -0.15) is 0 Å². The van der Waals surface area contributed by atoms with Crippen molar-refractivity contribution in [1.29, 1.82) is 0 Å². The third kappa shape index (κ3) is 3.08. The summed E-state index contributed by atoms with van der Waals surface area (Å²) < 4.78 is 0.864. The van der Waals surface area contributed by atoms with Gasteiger partial charge >= 0.3 is 5.97 Å². The minimum Gasteiger partial charge on any atom is -0.480 e. The van der Waals surface area contributed by atoms with Crippen LogP contribution in [0.25, 0.3) is 0 Å². The normalized spacial score (nSPS) is 19.3. The molecule has 0 aliphatic carbocycles. The Kier molecular flexibility index (Phi) is 4.44. The molecule has 1 aliphatic rings. The van der Waals surface area contributed by atoms with Gasteiger partial charge in [0.2, 0.25) is 0 Å². The van der Waals surface area contributed by atoms with Crippen LogP contribution in [0.1, 0.15) is 35.2 Å². The van der Waals surface area contributed by atoms with Crippen LogP contribution in [0, 0.1) is 10.5 Å². The maximum atomic E-state index is 12.5. The first-order valence-corrected chi connectivity index (χ1v) is 7.38. The van der Waals surface area contributed by atoms with Crippen LogP contribution in [0.3, 0.4) is 0 Å². The first kappa shape index (κ1) is 14.3. The zero-order chi connectivity index (χ0) is 14.0. The number of aliphatic carboxylic acids is 1. The van der Waals surface area contributed by atoms with Crippen molar-refractivity contribution in [3.8, 4) is 0 Å². The highest BCUT2D eigenvalue weighted by atomic mass is 127. The summed E-state index contributed by atoms with van der Waals surface area (Å²) >= 11 is 2.12. The lowest BCUT2D eigenvalue weighted by molar-refractivity contribution is -0.143. The number of rotatable bonds is 2. The van der Waals surface area contributed by atoms with Gasteiger partial charge in [-0.15, -0.1) is 0 Å². The minimum atomic E-state index is -0.907. The van der Waals surface area contributed by atoms with E-state index in [0.29, 0.717) is 18.5 Å². The zero-order valence-electron chi connectivity index (χ0n) is 10.7. The molecular weight excluding hydrogens is 357 g/mol. The lowest BCUT2D eigenvalue weighted by Gasteiger charge is -2.33. The van der Waals surface area contributed by atoms with Crippen LogP contribution in [0.4, 0.5) is 0 Å².